The number of carbonyl (C=O) groups is 1. The molecule has 0 fully saturated rings. The van der Waals surface area contributed by atoms with Crippen LogP contribution in [0, 0.1) is 0 Å². The largest absolute Gasteiger partial charge is 0.457 e. The van der Waals surface area contributed by atoms with E-state index in [1.807, 2.05) is 49.4 Å². The molecule has 0 aliphatic heterocycles. The predicted molar refractivity (Wildman–Crippen MR) is 124 cm³/mol. The molecule has 1 atom stereocenters. The Labute approximate surface area is 183 Å². The highest BCUT2D eigenvalue weighted by Gasteiger charge is 2.29. The number of hydrogen-bond acceptors (Lipinski definition) is 4. The second kappa shape index (κ2) is 9.66. The van der Waals surface area contributed by atoms with E-state index < -0.39 is 22.0 Å². The lowest BCUT2D eigenvalue weighted by Crippen LogP contribution is -2.45. The Hall–Kier alpha value is -3.32. The highest BCUT2D eigenvalue weighted by Crippen LogP contribution is 2.24. The van der Waals surface area contributed by atoms with Crippen molar-refractivity contribution in [3.8, 4) is 11.5 Å². The monoisotopic (exact) mass is 438 g/mol. The van der Waals surface area contributed by atoms with Gasteiger partial charge >= 0.3 is 0 Å². The molecule has 3 aromatic rings. The Morgan fingerprint density at radius 2 is 1.52 bits per heavy atom. The van der Waals surface area contributed by atoms with E-state index in [2.05, 4.69) is 5.32 Å². The van der Waals surface area contributed by atoms with Crippen molar-refractivity contribution in [2.24, 2.45) is 0 Å². The van der Waals surface area contributed by atoms with Crippen LogP contribution in [0.4, 0.5) is 11.4 Å². The van der Waals surface area contributed by atoms with Crippen LogP contribution in [-0.2, 0) is 21.2 Å². The van der Waals surface area contributed by atoms with Gasteiger partial charge in [0.05, 0.1) is 11.9 Å². The summed E-state index contributed by atoms with van der Waals surface area (Å²) in [6, 6.07) is 22.5. The smallest absolute Gasteiger partial charge is 0.247 e. The van der Waals surface area contributed by atoms with Crippen molar-refractivity contribution < 1.29 is 17.9 Å². The lowest BCUT2D eigenvalue weighted by molar-refractivity contribution is -0.116. The Kier molecular flexibility index (Phi) is 6.97. The van der Waals surface area contributed by atoms with Crippen molar-refractivity contribution in [2.45, 2.75) is 26.3 Å². The SMILES string of the molecule is CCc1ccc(N(C(C)C(=O)Nc2ccc(Oc3ccccc3)cc2)S(C)(=O)=O)cc1. The maximum atomic E-state index is 12.8. The van der Waals surface area contributed by atoms with E-state index in [1.54, 1.807) is 43.3 Å². The number of aryl methyl sites for hydroxylation is 1. The molecule has 0 radical (unpaired) electrons. The topological polar surface area (TPSA) is 75.7 Å². The van der Waals surface area contributed by atoms with Crippen LogP contribution in [0.25, 0.3) is 0 Å². The molecule has 1 amide bonds. The van der Waals surface area contributed by atoms with Crippen molar-refractivity contribution in [3.63, 3.8) is 0 Å². The summed E-state index contributed by atoms with van der Waals surface area (Å²) in [5.74, 6) is 0.915. The fourth-order valence-electron chi connectivity index (χ4n) is 3.16. The zero-order chi connectivity index (χ0) is 22.4. The molecule has 7 heteroatoms. The zero-order valence-electron chi connectivity index (χ0n) is 17.8. The number of rotatable bonds is 8. The van der Waals surface area contributed by atoms with E-state index in [0.717, 1.165) is 22.5 Å². The third-order valence-electron chi connectivity index (χ3n) is 4.79. The van der Waals surface area contributed by atoms with Crippen LogP contribution in [0.3, 0.4) is 0 Å². The quantitative estimate of drug-likeness (QED) is 0.546. The molecule has 0 aliphatic carbocycles. The van der Waals surface area contributed by atoms with Crippen LogP contribution in [0.15, 0.2) is 78.9 Å². The molecule has 0 aliphatic rings. The van der Waals surface area contributed by atoms with Crippen molar-refractivity contribution in [1.29, 1.82) is 0 Å². The lowest BCUT2D eigenvalue weighted by Gasteiger charge is -2.28. The number of carbonyl (C=O) groups excluding carboxylic acids is 1. The van der Waals surface area contributed by atoms with Gasteiger partial charge in [0, 0.05) is 5.69 Å². The first kappa shape index (κ1) is 22.4. The molecule has 0 heterocycles. The number of benzene rings is 3. The highest BCUT2D eigenvalue weighted by atomic mass is 32.2. The van der Waals surface area contributed by atoms with Gasteiger partial charge in [0.1, 0.15) is 17.5 Å². The number of para-hydroxylation sites is 1. The third kappa shape index (κ3) is 5.86. The molecule has 0 saturated heterocycles. The summed E-state index contributed by atoms with van der Waals surface area (Å²) in [5.41, 5.74) is 2.09. The van der Waals surface area contributed by atoms with Crippen LogP contribution < -0.4 is 14.4 Å². The first-order valence-corrected chi connectivity index (χ1v) is 11.8. The average Bonchev–Trinajstić information content (AvgIpc) is 2.75. The first-order chi connectivity index (χ1) is 14.8. The average molecular weight is 439 g/mol. The minimum atomic E-state index is -3.66. The van der Waals surface area contributed by atoms with E-state index >= 15 is 0 Å². The minimum absolute atomic E-state index is 0.429. The predicted octanol–water partition coefficient (Wildman–Crippen LogP) is 4.83. The number of nitrogens with zero attached hydrogens (tertiary/aromatic N) is 1. The number of ether oxygens (including phenoxy) is 1. The van der Waals surface area contributed by atoms with Crippen molar-refractivity contribution in [2.75, 3.05) is 15.9 Å². The maximum absolute atomic E-state index is 12.8. The maximum Gasteiger partial charge on any atom is 0.247 e. The van der Waals surface area contributed by atoms with Crippen LogP contribution in [0.1, 0.15) is 19.4 Å². The van der Waals surface area contributed by atoms with Gasteiger partial charge in [0.2, 0.25) is 15.9 Å². The Morgan fingerprint density at radius 1 is 0.935 bits per heavy atom. The lowest BCUT2D eigenvalue weighted by atomic mass is 10.1. The second-order valence-corrected chi connectivity index (χ2v) is 9.04. The minimum Gasteiger partial charge on any atom is -0.457 e. The number of sulfonamides is 1. The molecule has 0 aromatic heterocycles. The third-order valence-corrected chi connectivity index (χ3v) is 6.03. The second-order valence-electron chi connectivity index (χ2n) is 7.18. The fourth-order valence-corrected chi connectivity index (χ4v) is 4.34. The highest BCUT2D eigenvalue weighted by molar-refractivity contribution is 7.92. The van der Waals surface area contributed by atoms with Gasteiger partial charge in [-0.15, -0.1) is 0 Å². The molecule has 1 unspecified atom stereocenters. The first-order valence-electron chi connectivity index (χ1n) is 10.00. The number of hydrogen-bond donors (Lipinski definition) is 1. The zero-order valence-corrected chi connectivity index (χ0v) is 18.6. The summed E-state index contributed by atoms with van der Waals surface area (Å²) in [5, 5.41) is 2.78. The molecule has 31 heavy (non-hydrogen) atoms. The van der Waals surface area contributed by atoms with Gasteiger partial charge in [-0.2, -0.15) is 0 Å². The molecule has 1 N–H and O–H groups in total. The number of amides is 1. The van der Waals surface area contributed by atoms with Gasteiger partial charge in [0.15, 0.2) is 0 Å². The van der Waals surface area contributed by atoms with Crippen LogP contribution in [0.2, 0.25) is 0 Å². The van der Waals surface area contributed by atoms with Gasteiger partial charge in [-0.1, -0.05) is 37.3 Å². The summed E-state index contributed by atoms with van der Waals surface area (Å²) >= 11 is 0. The number of nitrogens with one attached hydrogen (secondary N) is 1. The molecule has 0 bridgehead atoms. The van der Waals surface area contributed by atoms with E-state index in [-0.39, 0.29) is 0 Å². The van der Waals surface area contributed by atoms with Gasteiger partial charge < -0.3 is 10.1 Å². The molecular weight excluding hydrogens is 412 g/mol. The summed E-state index contributed by atoms with van der Waals surface area (Å²) in [6.45, 7) is 3.59. The van der Waals surface area contributed by atoms with E-state index in [0.29, 0.717) is 22.9 Å². The van der Waals surface area contributed by atoms with Crippen LogP contribution >= 0.6 is 0 Å². The molecule has 3 aromatic carbocycles. The number of anilines is 2. The Balaban J connectivity index is 1.72. The van der Waals surface area contributed by atoms with Gasteiger partial charge in [-0.3, -0.25) is 9.10 Å². The molecule has 0 saturated carbocycles. The van der Waals surface area contributed by atoms with E-state index in [1.165, 1.54) is 0 Å². The van der Waals surface area contributed by atoms with E-state index in [9.17, 15) is 13.2 Å². The molecule has 0 spiro atoms. The summed E-state index contributed by atoms with van der Waals surface area (Å²) in [4.78, 5) is 12.8. The Bertz CT molecular complexity index is 1110. The molecule has 162 valence electrons. The molecule has 3 rings (SSSR count). The van der Waals surface area contributed by atoms with Crippen molar-refractivity contribution in [3.05, 3.63) is 84.4 Å². The fraction of sp³-hybridized carbons (Fsp3) is 0.208. The van der Waals surface area contributed by atoms with Gasteiger partial charge in [0.25, 0.3) is 0 Å². The van der Waals surface area contributed by atoms with Crippen molar-refractivity contribution in [1.82, 2.24) is 0 Å². The van der Waals surface area contributed by atoms with Crippen molar-refractivity contribution >= 4 is 27.3 Å². The van der Waals surface area contributed by atoms with Crippen LogP contribution in [0.5, 0.6) is 11.5 Å². The van der Waals surface area contributed by atoms with Gasteiger partial charge in [-0.25, -0.2) is 8.42 Å². The standard InChI is InChI=1S/C24H26N2O4S/c1-4-19-10-14-21(15-11-19)26(31(3,28)29)18(2)24(27)25-20-12-16-23(17-13-20)30-22-8-6-5-7-9-22/h5-18H,4H2,1-3H3,(H,25,27). The molecular formula is C24H26N2O4S. The molecule has 6 nitrogen and oxygen atoms in total. The van der Waals surface area contributed by atoms with Crippen LogP contribution in [-0.4, -0.2) is 26.6 Å². The summed E-state index contributed by atoms with van der Waals surface area (Å²) in [6.07, 6.45) is 1.94. The summed E-state index contributed by atoms with van der Waals surface area (Å²) < 4.78 is 31.7. The summed E-state index contributed by atoms with van der Waals surface area (Å²) in [7, 11) is -3.66. The van der Waals surface area contributed by atoms with E-state index in [4.69, 9.17) is 4.74 Å². The Morgan fingerprint density at radius 3 is 2.06 bits per heavy atom. The van der Waals surface area contributed by atoms with Gasteiger partial charge in [-0.05, 0) is 67.4 Å². The normalized spacial score (nSPS) is 12.1.